The van der Waals surface area contributed by atoms with Crippen LogP contribution in [0.3, 0.4) is 0 Å². The topological polar surface area (TPSA) is 9.72 Å². The Labute approximate surface area is 516 Å². The van der Waals surface area contributed by atoms with Crippen LogP contribution in [0.5, 0.6) is 0 Å². The molecule has 0 aromatic heterocycles. The molecule has 0 aliphatic carbocycles. The fourth-order valence-electron chi connectivity index (χ4n) is 13.9. The lowest BCUT2D eigenvalue weighted by Crippen LogP contribution is -2.31. The van der Waals surface area contributed by atoms with E-state index in [-0.39, 0.29) is 16.2 Å². The van der Waals surface area contributed by atoms with Gasteiger partial charge in [-0.1, -0.05) is 265 Å². The van der Waals surface area contributed by atoms with Crippen molar-refractivity contribution in [2.24, 2.45) is 0 Å². The van der Waals surface area contributed by atoms with Crippen molar-refractivity contribution in [2.45, 2.75) is 78.6 Å². The SMILES string of the molecule is Cc1ccc2c(c1)C(C)(C)c1ccccc1N2c1ccc(-c2ccccc2)cc1.Cc1ccc2c(c1)N(c1ccc(-c3ccccc3)cc1)c1ccccc1C2(C)C.Cc1cccc2c1C(C)(C)c1ccccc1N2c1ccc(-c2ccccc2)cc1. The molecule has 0 N–H and O–H groups in total. The van der Waals surface area contributed by atoms with E-state index >= 15 is 0 Å². The van der Waals surface area contributed by atoms with Crippen LogP contribution >= 0.6 is 0 Å². The van der Waals surface area contributed by atoms with E-state index < -0.39 is 0 Å². The maximum absolute atomic E-state index is 2.41. The number of para-hydroxylation sites is 3. The predicted molar refractivity (Wildman–Crippen MR) is 370 cm³/mol. The Bertz CT molecular complexity index is 4330. The van der Waals surface area contributed by atoms with Gasteiger partial charge in [-0.15, -0.1) is 0 Å². The van der Waals surface area contributed by atoms with E-state index in [1.54, 1.807) is 0 Å². The zero-order valence-electron chi connectivity index (χ0n) is 51.6. The molecule has 0 saturated heterocycles. The second-order valence-electron chi connectivity index (χ2n) is 25.2. The van der Waals surface area contributed by atoms with E-state index in [4.69, 9.17) is 0 Å². The van der Waals surface area contributed by atoms with E-state index in [1.807, 2.05) is 0 Å². The second-order valence-corrected chi connectivity index (χ2v) is 25.2. The first-order chi connectivity index (χ1) is 42.2. The first-order valence-corrected chi connectivity index (χ1v) is 30.7. The lowest BCUT2D eigenvalue weighted by atomic mass is 9.72. The number of hydrogen-bond donors (Lipinski definition) is 0. The highest BCUT2D eigenvalue weighted by atomic mass is 15.2. The molecule has 3 aliphatic heterocycles. The van der Waals surface area contributed by atoms with Crippen LogP contribution in [0.2, 0.25) is 0 Å². The van der Waals surface area contributed by atoms with E-state index in [1.165, 1.54) is 135 Å². The summed E-state index contributed by atoms with van der Waals surface area (Å²) >= 11 is 0. The van der Waals surface area contributed by atoms with Gasteiger partial charge in [0.15, 0.2) is 0 Å². The molecule has 426 valence electrons. The highest BCUT2D eigenvalue weighted by Crippen LogP contribution is 2.55. The van der Waals surface area contributed by atoms with Gasteiger partial charge in [0.05, 0.1) is 34.1 Å². The summed E-state index contributed by atoms with van der Waals surface area (Å²) in [5.41, 5.74) is 30.8. The number of hydrogen-bond acceptors (Lipinski definition) is 3. The fraction of sp³-hybridized carbons (Fsp3) is 0.143. The number of fused-ring (bicyclic) bond motifs is 6. The van der Waals surface area contributed by atoms with Gasteiger partial charge in [0.25, 0.3) is 0 Å². The summed E-state index contributed by atoms with van der Waals surface area (Å²) < 4.78 is 0. The minimum absolute atomic E-state index is 0.0277. The van der Waals surface area contributed by atoms with Crippen molar-refractivity contribution in [1.29, 1.82) is 0 Å². The van der Waals surface area contributed by atoms with Crippen molar-refractivity contribution in [3.05, 3.63) is 341 Å². The molecule has 3 nitrogen and oxygen atoms in total. The Balaban J connectivity index is 0.000000121. The van der Waals surface area contributed by atoms with Crippen molar-refractivity contribution >= 4 is 51.2 Å². The normalized spacial score (nSPS) is 14.2. The smallest absolute Gasteiger partial charge is 0.0505 e. The Morgan fingerprint density at radius 1 is 0.218 bits per heavy atom. The van der Waals surface area contributed by atoms with Gasteiger partial charge in [0.2, 0.25) is 0 Å². The van der Waals surface area contributed by atoms with Crippen LogP contribution in [0.25, 0.3) is 33.4 Å². The summed E-state index contributed by atoms with van der Waals surface area (Å²) in [5.74, 6) is 0. The molecule has 0 saturated carbocycles. The van der Waals surface area contributed by atoms with Gasteiger partial charge in [-0.25, -0.2) is 0 Å². The van der Waals surface area contributed by atoms with E-state index in [0.717, 1.165) is 0 Å². The number of rotatable bonds is 6. The van der Waals surface area contributed by atoms with Crippen LogP contribution in [0.4, 0.5) is 51.2 Å². The number of aryl methyl sites for hydroxylation is 3. The van der Waals surface area contributed by atoms with Gasteiger partial charge in [0, 0.05) is 33.3 Å². The maximum atomic E-state index is 2.41. The zero-order valence-corrected chi connectivity index (χ0v) is 51.6. The molecule has 3 heteroatoms. The molecule has 0 amide bonds. The van der Waals surface area contributed by atoms with Crippen molar-refractivity contribution in [1.82, 2.24) is 0 Å². The second kappa shape index (κ2) is 22.8. The minimum Gasteiger partial charge on any atom is -0.310 e. The summed E-state index contributed by atoms with van der Waals surface area (Å²) in [7, 11) is 0. The van der Waals surface area contributed by atoms with Crippen LogP contribution in [-0.4, -0.2) is 0 Å². The van der Waals surface area contributed by atoms with Gasteiger partial charge in [-0.3, -0.25) is 0 Å². The molecule has 12 aromatic carbocycles. The molecule has 0 bridgehead atoms. The molecule has 0 radical (unpaired) electrons. The van der Waals surface area contributed by atoms with E-state index in [2.05, 4.69) is 368 Å². The monoisotopic (exact) mass is 1130 g/mol. The molecule has 3 heterocycles. The first kappa shape index (κ1) is 56.2. The standard InChI is InChI=1S/3C28H25N/c1-20-10-9-15-26-27(20)28(2,3)24-13-7-8-14-25(24)29(26)23-18-16-22(17-19-23)21-11-5-4-6-12-21;1-20-13-18-27-25(19-20)28(2,3)24-11-7-8-12-26(24)29(27)23-16-14-22(15-17-23)21-9-5-4-6-10-21;1-20-13-18-25-27(19-20)29(26-12-8-7-11-24(26)28(25,2)3)23-16-14-22(15-17-23)21-9-5-4-6-10-21/h3*4-19H,1-3H3. The van der Waals surface area contributed by atoms with Crippen LogP contribution in [-0.2, 0) is 16.2 Å². The summed E-state index contributed by atoms with van der Waals surface area (Å²) in [4.78, 5) is 7.24. The minimum atomic E-state index is -0.0300. The highest BCUT2D eigenvalue weighted by molar-refractivity contribution is 5.90. The van der Waals surface area contributed by atoms with Crippen molar-refractivity contribution in [3.8, 4) is 33.4 Å². The number of nitrogens with zero attached hydrogens (tertiary/aromatic N) is 3. The molecule has 0 fully saturated rings. The molecule has 0 spiro atoms. The quantitative estimate of drug-likeness (QED) is 0.164. The average molecular weight is 1130 g/mol. The van der Waals surface area contributed by atoms with Crippen LogP contribution in [0, 0.1) is 20.8 Å². The van der Waals surface area contributed by atoms with Gasteiger partial charge in [0.1, 0.15) is 0 Å². The molecule has 0 atom stereocenters. The molecular weight excluding hydrogens is 1050 g/mol. The van der Waals surface area contributed by atoms with Crippen LogP contribution < -0.4 is 14.7 Å². The number of anilines is 9. The maximum Gasteiger partial charge on any atom is 0.0505 e. The molecule has 0 unspecified atom stereocenters. The fourth-order valence-corrected chi connectivity index (χ4v) is 13.9. The van der Waals surface area contributed by atoms with Gasteiger partial charge in [-0.2, -0.15) is 0 Å². The average Bonchev–Trinajstić information content (AvgIpc) is 1.22. The summed E-state index contributed by atoms with van der Waals surface area (Å²) in [6.45, 7) is 20.6. The van der Waals surface area contributed by atoms with Crippen molar-refractivity contribution in [2.75, 3.05) is 14.7 Å². The lowest BCUT2D eigenvalue weighted by molar-refractivity contribution is 0.627. The molecular formula is C84H75N3. The third kappa shape index (κ3) is 10.3. The van der Waals surface area contributed by atoms with E-state index in [0.29, 0.717) is 0 Å². The first-order valence-electron chi connectivity index (χ1n) is 30.7. The Morgan fingerprint density at radius 3 is 0.977 bits per heavy atom. The van der Waals surface area contributed by atoms with E-state index in [9.17, 15) is 0 Å². The summed E-state index contributed by atoms with van der Waals surface area (Å²) in [5, 5.41) is 0. The van der Waals surface area contributed by atoms with Crippen LogP contribution in [0.1, 0.15) is 91.6 Å². The molecule has 3 aliphatic rings. The molecule has 15 rings (SSSR count). The highest BCUT2D eigenvalue weighted by Gasteiger charge is 2.40. The zero-order chi connectivity index (χ0) is 60.0. The van der Waals surface area contributed by atoms with Gasteiger partial charge in [-0.05, 0) is 171 Å². The third-order valence-electron chi connectivity index (χ3n) is 18.4. The van der Waals surface area contributed by atoms with Gasteiger partial charge >= 0.3 is 0 Å². The predicted octanol–water partition coefficient (Wildman–Crippen LogP) is 23.3. The Morgan fingerprint density at radius 2 is 0.529 bits per heavy atom. The Kier molecular flexibility index (Phi) is 14.7. The summed E-state index contributed by atoms with van der Waals surface area (Å²) in [6, 6.07) is 105. The molecule has 87 heavy (non-hydrogen) atoms. The molecule has 12 aromatic rings. The van der Waals surface area contributed by atoms with Crippen LogP contribution in [0.15, 0.2) is 291 Å². The summed E-state index contributed by atoms with van der Waals surface area (Å²) in [6.07, 6.45) is 0. The largest absolute Gasteiger partial charge is 0.310 e. The number of benzene rings is 12. The lowest BCUT2D eigenvalue weighted by Gasteiger charge is -2.43. The van der Waals surface area contributed by atoms with Crippen molar-refractivity contribution in [3.63, 3.8) is 0 Å². The third-order valence-corrected chi connectivity index (χ3v) is 18.4. The Hall–Kier alpha value is -9.96. The van der Waals surface area contributed by atoms with Crippen molar-refractivity contribution < 1.29 is 0 Å². The van der Waals surface area contributed by atoms with Gasteiger partial charge < -0.3 is 14.7 Å².